The van der Waals surface area contributed by atoms with Crippen molar-refractivity contribution in [3.63, 3.8) is 0 Å². The molecule has 0 radical (unpaired) electrons. The molecule has 1 saturated carbocycles. The summed E-state index contributed by atoms with van der Waals surface area (Å²) in [5.41, 5.74) is -0.290. The number of aromatic nitrogens is 1. The van der Waals surface area contributed by atoms with Gasteiger partial charge in [0.05, 0.1) is 12.2 Å². The molecule has 0 bridgehead atoms. The van der Waals surface area contributed by atoms with E-state index in [0.717, 1.165) is 12.5 Å². The third-order valence-electron chi connectivity index (χ3n) is 7.21. The molecular weight excluding hydrogens is 491 g/mol. The summed E-state index contributed by atoms with van der Waals surface area (Å²) >= 11 is 0. The summed E-state index contributed by atoms with van der Waals surface area (Å²) in [4.78, 5) is 31.0. The molecule has 2 atom stereocenters. The standard InChI is InChI=1S/C26H30F3N3O5/c1-25(36,22(33)23(34)32-14-18-5-4-12-30-20(18)15-32)24(35)31-13-16-8-10-17(11-9-16)19-6-2-3-7-21(19)37-26(27,28)29/h2-7,12,16-17,22,33,36H,8-11,13-15H2,1H3,(H,31,35)/t16?,17?,22-,25+/m0/s1. The zero-order chi connectivity index (χ0) is 26.8. The molecule has 1 aliphatic carbocycles. The van der Waals surface area contributed by atoms with Gasteiger partial charge < -0.3 is 25.2 Å². The molecule has 2 aromatic rings. The van der Waals surface area contributed by atoms with Gasteiger partial charge in [0.15, 0.2) is 11.7 Å². The number of nitrogens with one attached hydrogen (secondary N) is 1. The molecule has 11 heteroatoms. The smallest absolute Gasteiger partial charge is 0.405 e. The highest BCUT2D eigenvalue weighted by Gasteiger charge is 2.45. The van der Waals surface area contributed by atoms with Gasteiger partial charge in [-0.3, -0.25) is 14.6 Å². The number of amides is 2. The van der Waals surface area contributed by atoms with E-state index in [1.165, 1.54) is 17.0 Å². The molecule has 200 valence electrons. The Labute approximate surface area is 212 Å². The van der Waals surface area contributed by atoms with E-state index in [9.17, 15) is 33.0 Å². The van der Waals surface area contributed by atoms with Crippen molar-refractivity contribution in [2.75, 3.05) is 6.54 Å². The topological polar surface area (TPSA) is 112 Å². The van der Waals surface area contributed by atoms with E-state index in [2.05, 4.69) is 15.0 Å². The van der Waals surface area contributed by atoms with Gasteiger partial charge in [0.1, 0.15) is 5.75 Å². The number of halogens is 3. The molecule has 0 unspecified atom stereocenters. The lowest BCUT2D eigenvalue weighted by Crippen LogP contribution is -2.58. The Morgan fingerprint density at radius 1 is 1.14 bits per heavy atom. The minimum Gasteiger partial charge on any atom is -0.405 e. The van der Waals surface area contributed by atoms with Crippen LogP contribution in [0, 0.1) is 5.92 Å². The van der Waals surface area contributed by atoms with Gasteiger partial charge in [-0.25, -0.2) is 0 Å². The average Bonchev–Trinajstić information content (AvgIpc) is 3.30. The molecule has 8 nitrogen and oxygen atoms in total. The molecule has 0 spiro atoms. The molecule has 3 N–H and O–H groups in total. The van der Waals surface area contributed by atoms with Gasteiger partial charge in [0, 0.05) is 19.3 Å². The first kappa shape index (κ1) is 26.9. The van der Waals surface area contributed by atoms with E-state index >= 15 is 0 Å². The van der Waals surface area contributed by atoms with E-state index in [0.29, 0.717) is 36.9 Å². The zero-order valence-electron chi connectivity index (χ0n) is 20.4. The maximum absolute atomic E-state index is 12.8. The number of nitrogens with zero attached hydrogens (tertiary/aromatic N) is 2. The van der Waals surface area contributed by atoms with Crippen molar-refractivity contribution < 1.29 is 37.7 Å². The quantitative estimate of drug-likeness (QED) is 0.517. The second-order valence-electron chi connectivity index (χ2n) is 9.87. The van der Waals surface area contributed by atoms with Crippen LogP contribution in [0.15, 0.2) is 42.6 Å². The molecule has 1 aromatic heterocycles. The highest BCUT2D eigenvalue weighted by atomic mass is 19.4. The summed E-state index contributed by atoms with van der Waals surface area (Å²) in [5, 5.41) is 23.9. The van der Waals surface area contributed by atoms with Crippen LogP contribution in [0.3, 0.4) is 0 Å². The molecule has 0 saturated heterocycles. The van der Waals surface area contributed by atoms with Gasteiger partial charge in [-0.1, -0.05) is 24.3 Å². The molecular formula is C26H30F3N3O5. The average molecular weight is 522 g/mol. The summed E-state index contributed by atoms with van der Waals surface area (Å²) < 4.78 is 42.4. The first-order valence-electron chi connectivity index (χ1n) is 12.2. The van der Waals surface area contributed by atoms with Gasteiger partial charge in [0.2, 0.25) is 0 Å². The number of hydrogen-bond acceptors (Lipinski definition) is 6. The molecule has 1 aliphatic heterocycles. The molecule has 2 aliphatic rings. The number of aliphatic hydroxyl groups is 2. The molecule has 2 heterocycles. The summed E-state index contributed by atoms with van der Waals surface area (Å²) in [5.74, 6) is -1.89. The van der Waals surface area contributed by atoms with Crippen molar-refractivity contribution in [1.29, 1.82) is 0 Å². The maximum Gasteiger partial charge on any atom is 0.573 e. The van der Waals surface area contributed by atoms with Crippen molar-refractivity contribution in [1.82, 2.24) is 15.2 Å². The van der Waals surface area contributed by atoms with E-state index in [-0.39, 0.29) is 37.2 Å². The van der Waals surface area contributed by atoms with Crippen molar-refractivity contribution in [3.8, 4) is 5.75 Å². The number of aliphatic hydroxyl groups excluding tert-OH is 1. The number of rotatable bonds is 7. The van der Waals surface area contributed by atoms with Crippen LogP contribution >= 0.6 is 0 Å². The fraction of sp³-hybridized carbons (Fsp3) is 0.500. The lowest BCUT2D eigenvalue weighted by atomic mass is 9.78. The van der Waals surface area contributed by atoms with Crippen LogP contribution in [0.5, 0.6) is 5.75 Å². The number of fused-ring (bicyclic) bond motifs is 1. The lowest BCUT2D eigenvalue weighted by Gasteiger charge is -2.32. The van der Waals surface area contributed by atoms with Crippen LogP contribution < -0.4 is 10.1 Å². The van der Waals surface area contributed by atoms with E-state index in [1.807, 2.05) is 6.07 Å². The fourth-order valence-electron chi connectivity index (χ4n) is 5.02. The highest BCUT2D eigenvalue weighted by molar-refractivity contribution is 5.93. The molecule has 37 heavy (non-hydrogen) atoms. The predicted molar refractivity (Wildman–Crippen MR) is 126 cm³/mol. The van der Waals surface area contributed by atoms with Crippen LogP contribution in [-0.4, -0.2) is 56.5 Å². The lowest BCUT2D eigenvalue weighted by molar-refractivity contribution is -0.275. The molecule has 1 fully saturated rings. The zero-order valence-corrected chi connectivity index (χ0v) is 20.4. The maximum atomic E-state index is 12.8. The Morgan fingerprint density at radius 3 is 2.51 bits per heavy atom. The van der Waals surface area contributed by atoms with Crippen molar-refractivity contribution in [3.05, 3.63) is 59.4 Å². The number of carbonyl (C=O) groups excluding carboxylic acids is 2. The van der Waals surface area contributed by atoms with E-state index in [4.69, 9.17) is 0 Å². The number of para-hydroxylation sites is 1. The van der Waals surface area contributed by atoms with E-state index < -0.39 is 29.9 Å². The predicted octanol–water partition coefficient (Wildman–Crippen LogP) is 3.02. The Morgan fingerprint density at radius 2 is 1.84 bits per heavy atom. The van der Waals surface area contributed by atoms with Crippen LogP contribution in [0.4, 0.5) is 13.2 Å². The third-order valence-corrected chi connectivity index (χ3v) is 7.21. The van der Waals surface area contributed by atoms with Crippen molar-refractivity contribution in [2.24, 2.45) is 5.92 Å². The van der Waals surface area contributed by atoms with Crippen LogP contribution in [-0.2, 0) is 22.7 Å². The second kappa shape index (κ2) is 10.7. The summed E-state index contributed by atoms with van der Waals surface area (Å²) in [6, 6.07) is 9.69. The second-order valence-corrected chi connectivity index (χ2v) is 9.87. The largest absolute Gasteiger partial charge is 0.573 e. The Hall–Kier alpha value is -3.18. The molecule has 1 aromatic carbocycles. The summed E-state index contributed by atoms with van der Waals surface area (Å²) in [7, 11) is 0. The summed E-state index contributed by atoms with van der Waals surface area (Å²) in [6.07, 6.45) is -2.60. The Balaban J connectivity index is 1.28. The Kier molecular flexibility index (Phi) is 7.75. The number of benzene rings is 1. The first-order chi connectivity index (χ1) is 17.5. The van der Waals surface area contributed by atoms with Gasteiger partial charge in [0.25, 0.3) is 11.8 Å². The normalized spacial score (nSPS) is 22.1. The van der Waals surface area contributed by atoms with Gasteiger partial charge >= 0.3 is 6.36 Å². The number of hydrogen-bond donors (Lipinski definition) is 3. The molecule has 2 amide bonds. The third kappa shape index (κ3) is 6.22. The van der Waals surface area contributed by atoms with Gasteiger partial charge in [-0.05, 0) is 67.7 Å². The highest BCUT2D eigenvalue weighted by Crippen LogP contribution is 2.40. The minimum absolute atomic E-state index is 0.0405. The van der Waals surface area contributed by atoms with Crippen LogP contribution in [0.25, 0.3) is 0 Å². The van der Waals surface area contributed by atoms with Crippen molar-refractivity contribution in [2.45, 2.75) is 69.7 Å². The van der Waals surface area contributed by atoms with Crippen LogP contribution in [0.2, 0.25) is 0 Å². The number of pyridine rings is 1. The molecule has 4 rings (SSSR count). The first-order valence-corrected chi connectivity index (χ1v) is 12.2. The number of carbonyl (C=O) groups is 2. The van der Waals surface area contributed by atoms with Gasteiger partial charge in [-0.15, -0.1) is 13.2 Å². The van der Waals surface area contributed by atoms with E-state index in [1.54, 1.807) is 24.4 Å². The van der Waals surface area contributed by atoms with Crippen molar-refractivity contribution >= 4 is 11.8 Å². The van der Waals surface area contributed by atoms with Gasteiger partial charge in [-0.2, -0.15) is 0 Å². The SMILES string of the molecule is C[C@](O)(C(=O)NCC1CCC(c2ccccc2OC(F)(F)F)CC1)[C@@H](O)C(=O)N1Cc2cccnc2C1. The fourth-order valence-corrected chi connectivity index (χ4v) is 5.02. The monoisotopic (exact) mass is 521 g/mol. The summed E-state index contributed by atoms with van der Waals surface area (Å²) in [6.45, 7) is 1.73. The number of ether oxygens (including phenoxy) is 1. The Bertz CT molecular complexity index is 1110. The number of alkyl halides is 3. The van der Waals surface area contributed by atoms with Crippen LogP contribution in [0.1, 0.15) is 55.3 Å². The minimum atomic E-state index is -4.77.